The third-order valence-corrected chi connectivity index (χ3v) is 2.67. The van der Waals surface area contributed by atoms with Gasteiger partial charge in [-0.05, 0) is 23.6 Å². The second-order valence-corrected chi connectivity index (χ2v) is 5.82. The van der Waals surface area contributed by atoms with Crippen LogP contribution < -0.4 is 0 Å². The average Bonchev–Trinajstić information content (AvgIpc) is 2.67. The largest absolute Gasteiger partial charge is 0.508 e. The minimum absolute atomic E-state index is 0.0871. The van der Waals surface area contributed by atoms with Crippen LogP contribution in [0.1, 0.15) is 26.6 Å². The number of hydrogen-bond acceptors (Lipinski definition) is 4. The average molecular weight is 267 g/mol. The molecule has 0 aliphatic rings. The molecule has 1 heterocycles. The first-order valence-electron chi connectivity index (χ1n) is 5.67. The summed E-state index contributed by atoms with van der Waals surface area (Å²) >= 11 is 6.03. The van der Waals surface area contributed by atoms with E-state index in [4.69, 9.17) is 16.1 Å². The first-order valence-corrected chi connectivity index (χ1v) is 6.04. The minimum Gasteiger partial charge on any atom is -0.508 e. The van der Waals surface area contributed by atoms with Gasteiger partial charge < -0.3 is 9.63 Å². The van der Waals surface area contributed by atoms with Crippen LogP contribution in [0.3, 0.4) is 0 Å². The van der Waals surface area contributed by atoms with Gasteiger partial charge in [0.1, 0.15) is 5.75 Å². The van der Waals surface area contributed by atoms with E-state index in [1.807, 2.05) is 0 Å². The molecular formula is C13H15ClN2O2. The highest BCUT2D eigenvalue weighted by atomic mass is 35.5. The lowest BCUT2D eigenvalue weighted by Crippen LogP contribution is -2.10. The van der Waals surface area contributed by atoms with Crippen LogP contribution >= 0.6 is 11.6 Å². The Morgan fingerprint density at radius 2 is 2.06 bits per heavy atom. The van der Waals surface area contributed by atoms with Crippen molar-refractivity contribution in [1.29, 1.82) is 0 Å². The molecular weight excluding hydrogens is 252 g/mol. The third kappa shape index (κ3) is 3.01. The van der Waals surface area contributed by atoms with E-state index >= 15 is 0 Å². The van der Waals surface area contributed by atoms with Gasteiger partial charge in [-0.2, -0.15) is 4.98 Å². The Hall–Kier alpha value is -1.55. The fourth-order valence-electron chi connectivity index (χ4n) is 1.59. The van der Waals surface area contributed by atoms with Gasteiger partial charge in [-0.1, -0.05) is 37.5 Å². The van der Waals surface area contributed by atoms with Crippen molar-refractivity contribution in [3.8, 4) is 17.2 Å². The fourth-order valence-corrected chi connectivity index (χ4v) is 1.79. The van der Waals surface area contributed by atoms with Crippen molar-refractivity contribution in [3.05, 3.63) is 29.0 Å². The van der Waals surface area contributed by atoms with E-state index in [0.717, 1.165) is 0 Å². The van der Waals surface area contributed by atoms with E-state index < -0.39 is 0 Å². The summed E-state index contributed by atoms with van der Waals surface area (Å²) in [6.07, 6.45) is 0.715. The summed E-state index contributed by atoms with van der Waals surface area (Å²) in [5, 5.41) is 13.8. The van der Waals surface area contributed by atoms with Crippen molar-refractivity contribution >= 4 is 11.6 Å². The number of phenolic OH excluding ortho intramolecular Hbond substituents is 1. The molecule has 0 aliphatic heterocycles. The summed E-state index contributed by atoms with van der Waals surface area (Å²) in [4.78, 5) is 4.29. The topological polar surface area (TPSA) is 59.2 Å². The molecule has 0 radical (unpaired) electrons. The molecule has 0 amide bonds. The Morgan fingerprint density at radius 3 is 2.72 bits per heavy atom. The molecule has 0 saturated carbocycles. The number of aromatic nitrogens is 2. The van der Waals surface area contributed by atoms with Gasteiger partial charge in [0, 0.05) is 6.42 Å². The molecule has 2 rings (SSSR count). The number of nitrogens with zero attached hydrogens (tertiary/aromatic N) is 2. The zero-order valence-corrected chi connectivity index (χ0v) is 11.3. The lowest BCUT2D eigenvalue weighted by molar-refractivity contribution is 0.374. The van der Waals surface area contributed by atoms with Gasteiger partial charge in [-0.25, -0.2) is 0 Å². The molecule has 4 nitrogen and oxygen atoms in total. The van der Waals surface area contributed by atoms with Crippen molar-refractivity contribution < 1.29 is 9.63 Å². The lowest BCUT2D eigenvalue weighted by Gasteiger charge is -2.14. The number of phenols is 1. The first kappa shape index (κ1) is 12.9. The molecule has 0 saturated heterocycles. The Bertz CT molecular complexity index is 558. The van der Waals surface area contributed by atoms with Crippen LogP contribution in [0.15, 0.2) is 22.7 Å². The number of benzene rings is 1. The lowest BCUT2D eigenvalue weighted by atomic mass is 9.92. The quantitative estimate of drug-likeness (QED) is 0.901. The van der Waals surface area contributed by atoms with Gasteiger partial charge in [0.05, 0.1) is 10.6 Å². The van der Waals surface area contributed by atoms with Crippen molar-refractivity contribution in [3.63, 3.8) is 0 Å². The van der Waals surface area contributed by atoms with E-state index in [2.05, 4.69) is 30.9 Å². The zero-order valence-electron chi connectivity index (χ0n) is 10.6. The molecule has 5 heteroatoms. The zero-order chi connectivity index (χ0) is 13.3. The van der Waals surface area contributed by atoms with Gasteiger partial charge in [0.15, 0.2) is 5.82 Å². The van der Waals surface area contributed by atoms with Crippen LogP contribution in [-0.2, 0) is 6.42 Å². The number of rotatable bonds is 2. The van der Waals surface area contributed by atoms with E-state index in [9.17, 15) is 5.11 Å². The van der Waals surface area contributed by atoms with Crippen LogP contribution in [0, 0.1) is 5.41 Å². The summed E-state index contributed by atoms with van der Waals surface area (Å²) in [5.41, 5.74) is 0.633. The minimum atomic E-state index is 0.0871. The molecule has 0 atom stereocenters. The number of aromatic hydroxyl groups is 1. The van der Waals surface area contributed by atoms with E-state index in [1.54, 1.807) is 6.07 Å². The molecule has 1 aromatic carbocycles. The fraction of sp³-hybridized carbons (Fsp3) is 0.385. The van der Waals surface area contributed by atoms with Crippen LogP contribution in [0.2, 0.25) is 5.02 Å². The van der Waals surface area contributed by atoms with Crippen LogP contribution in [-0.4, -0.2) is 15.2 Å². The smallest absolute Gasteiger partial charge is 0.259 e. The number of halogens is 1. The van der Waals surface area contributed by atoms with Gasteiger partial charge in [0.25, 0.3) is 5.89 Å². The van der Waals surface area contributed by atoms with Crippen LogP contribution in [0.4, 0.5) is 0 Å². The summed E-state index contributed by atoms with van der Waals surface area (Å²) in [6.45, 7) is 6.30. The molecule has 1 N–H and O–H groups in total. The Morgan fingerprint density at radius 1 is 1.33 bits per heavy atom. The summed E-state index contributed by atoms with van der Waals surface area (Å²) in [6, 6.07) is 4.62. The summed E-state index contributed by atoms with van der Waals surface area (Å²) < 4.78 is 5.18. The molecule has 0 unspecified atom stereocenters. The Labute approximate surface area is 111 Å². The predicted octanol–water partition coefficient (Wildman–Crippen LogP) is 3.68. The number of hydrogen-bond donors (Lipinski definition) is 1. The monoisotopic (exact) mass is 266 g/mol. The maximum atomic E-state index is 9.44. The molecule has 0 aliphatic carbocycles. The van der Waals surface area contributed by atoms with Gasteiger partial charge >= 0.3 is 0 Å². The predicted molar refractivity (Wildman–Crippen MR) is 69.6 cm³/mol. The SMILES string of the molecule is CC(C)(C)Cc1noc(-c2cc(O)ccc2Cl)n1. The molecule has 1 aromatic heterocycles. The second-order valence-electron chi connectivity index (χ2n) is 5.42. The molecule has 0 spiro atoms. The third-order valence-electron chi connectivity index (χ3n) is 2.34. The van der Waals surface area contributed by atoms with Gasteiger partial charge in [-0.3, -0.25) is 0 Å². The molecule has 0 fully saturated rings. The normalized spacial score (nSPS) is 11.8. The maximum absolute atomic E-state index is 9.44. The first-order chi connectivity index (χ1) is 8.35. The van der Waals surface area contributed by atoms with Crippen molar-refractivity contribution in [2.24, 2.45) is 5.41 Å². The standard InChI is InChI=1S/C13H15ClN2O2/c1-13(2,3)7-11-15-12(18-16-11)9-6-8(17)4-5-10(9)14/h4-6,17H,7H2,1-3H3. The van der Waals surface area contributed by atoms with Crippen LogP contribution in [0.25, 0.3) is 11.5 Å². The second kappa shape index (κ2) is 4.61. The van der Waals surface area contributed by atoms with E-state index in [1.165, 1.54) is 12.1 Å². The summed E-state index contributed by atoms with van der Waals surface area (Å²) in [7, 11) is 0. The molecule has 96 valence electrons. The highest BCUT2D eigenvalue weighted by Crippen LogP contribution is 2.30. The molecule has 18 heavy (non-hydrogen) atoms. The Balaban J connectivity index is 2.32. The van der Waals surface area contributed by atoms with E-state index in [0.29, 0.717) is 28.7 Å². The molecule has 2 aromatic rings. The summed E-state index contributed by atoms with van der Waals surface area (Å²) in [5.74, 6) is 1.08. The maximum Gasteiger partial charge on any atom is 0.259 e. The van der Waals surface area contributed by atoms with Crippen molar-refractivity contribution in [1.82, 2.24) is 10.1 Å². The Kier molecular flexibility index (Phi) is 3.30. The highest BCUT2D eigenvalue weighted by molar-refractivity contribution is 6.33. The van der Waals surface area contributed by atoms with Gasteiger partial charge in [-0.15, -0.1) is 0 Å². The van der Waals surface area contributed by atoms with Crippen LogP contribution in [0.5, 0.6) is 5.75 Å². The van der Waals surface area contributed by atoms with Crippen molar-refractivity contribution in [2.75, 3.05) is 0 Å². The van der Waals surface area contributed by atoms with E-state index in [-0.39, 0.29) is 11.2 Å². The highest BCUT2D eigenvalue weighted by Gasteiger charge is 2.18. The van der Waals surface area contributed by atoms with Gasteiger partial charge in [0.2, 0.25) is 0 Å². The van der Waals surface area contributed by atoms with Crippen molar-refractivity contribution in [2.45, 2.75) is 27.2 Å². The molecule has 0 bridgehead atoms.